The first-order valence-electron chi connectivity index (χ1n) is 6.42. The van der Waals surface area contributed by atoms with Gasteiger partial charge in [-0.15, -0.1) is 5.10 Å². The van der Waals surface area contributed by atoms with E-state index in [0.717, 1.165) is 12.0 Å². The van der Waals surface area contributed by atoms with E-state index in [2.05, 4.69) is 34.4 Å². The molecule has 0 saturated carbocycles. The minimum absolute atomic E-state index is 0.000744. The molecule has 0 spiro atoms. The van der Waals surface area contributed by atoms with E-state index in [1.165, 1.54) is 4.52 Å². The van der Waals surface area contributed by atoms with Crippen LogP contribution in [0, 0.1) is 16.0 Å². The highest BCUT2D eigenvalue weighted by Gasteiger charge is 2.26. The topological polar surface area (TPSA) is 125 Å². The number of nitrogens with zero attached hydrogens (tertiary/aromatic N) is 6. The normalized spacial score (nSPS) is 11.6. The lowest BCUT2D eigenvalue weighted by atomic mass is 9.99. The molecule has 3 aromatic rings. The Bertz CT molecular complexity index is 856. The maximum atomic E-state index is 11.3. The van der Waals surface area contributed by atoms with Crippen LogP contribution in [0.4, 0.5) is 11.4 Å². The van der Waals surface area contributed by atoms with Gasteiger partial charge in [-0.1, -0.05) is 13.8 Å². The average molecular weight is 287 g/mol. The highest BCUT2D eigenvalue weighted by Crippen LogP contribution is 2.35. The van der Waals surface area contributed by atoms with Crippen molar-refractivity contribution in [1.29, 1.82) is 0 Å². The van der Waals surface area contributed by atoms with Gasteiger partial charge in [0, 0.05) is 6.20 Å². The summed E-state index contributed by atoms with van der Waals surface area (Å²) < 4.78 is 1.26. The SMILES string of the molecule is CC(C)Cc1ccnc2c1c(N)c([N+](=O)[O-])c1nnnn12. The van der Waals surface area contributed by atoms with E-state index < -0.39 is 4.92 Å². The molecule has 0 bridgehead atoms. The molecule has 0 aliphatic rings. The maximum absolute atomic E-state index is 11.3. The predicted octanol–water partition coefficient (Wildman–Crippen LogP) is 1.36. The zero-order valence-electron chi connectivity index (χ0n) is 11.5. The fourth-order valence-corrected chi connectivity index (χ4v) is 2.45. The number of hydrogen-bond acceptors (Lipinski definition) is 7. The van der Waals surface area contributed by atoms with Crippen LogP contribution in [0.25, 0.3) is 16.7 Å². The van der Waals surface area contributed by atoms with Crippen molar-refractivity contribution in [2.45, 2.75) is 20.3 Å². The van der Waals surface area contributed by atoms with Crippen molar-refractivity contribution in [1.82, 2.24) is 25.0 Å². The highest BCUT2D eigenvalue weighted by atomic mass is 16.6. The second kappa shape index (κ2) is 4.62. The summed E-state index contributed by atoms with van der Waals surface area (Å²) in [6, 6.07) is 1.82. The van der Waals surface area contributed by atoms with Gasteiger partial charge in [0.1, 0.15) is 5.69 Å². The fourth-order valence-electron chi connectivity index (χ4n) is 2.45. The molecule has 2 N–H and O–H groups in total. The molecule has 3 heterocycles. The number of nitro groups is 1. The fraction of sp³-hybridized carbons (Fsp3) is 0.333. The van der Waals surface area contributed by atoms with Crippen molar-refractivity contribution in [2.24, 2.45) is 5.92 Å². The summed E-state index contributed by atoms with van der Waals surface area (Å²) in [5.74, 6) is 0.374. The van der Waals surface area contributed by atoms with Crippen LogP contribution in [0.1, 0.15) is 19.4 Å². The molecule has 3 aromatic heterocycles. The number of anilines is 1. The number of nitrogen functional groups attached to an aromatic ring is 1. The van der Waals surface area contributed by atoms with Gasteiger partial charge in [-0.2, -0.15) is 4.52 Å². The first-order chi connectivity index (χ1) is 10.0. The molecule has 0 fully saturated rings. The van der Waals surface area contributed by atoms with Crippen LogP contribution < -0.4 is 5.73 Å². The van der Waals surface area contributed by atoms with Crippen LogP contribution >= 0.6 is 0 Å². The quantitative estimate of drug-likeness (QED) is 0.569. The largest absolute Gasteiger partial charge is 0.392 e. The van der Waals surface area contributed by atoms with Gasteiger partial charge in [-0.05, 0) is 34.4 Å². The Hall–Kier alpha value is -2.84. The van der Waals surface area contributed by atoms with Crippen molar-refractivity contribution in [3.8, 4) is 0 Å². The smallest absolute Gasteiger partial charge is 0.339 e. The van der Waals surface area contributed by atoms with Gasteiger partial charge >= 0.3 is 5.69 Å². The summed E-state index contributed by atoms with van der Waals surface area (Å²) in [6.07, 6.45) is 2.36. The van der Waals surface area contributed by atoms with Crippen LogP contribution in [0.2, 0.25) is 0 Å². The average Bonchev–Trinajstić information content (AvgIpc) is 2.86. The van der Waals surface area contributed by atoms with Crippen molar-refractivity contribution in [3.05, 3.63) is 27.9 Å². The number of pyridine rings is 2. The Morgan fingerprint density at radius 2 is 2.19 bits per heavy atom. The molecule has 3 rings (SSSR count). The molecular formula is C12H13N7O2. The van der Waals surface area contributed by atoms with E-state index in [-0.39, 0.29) is 17.0 Å². The van der Waals surface area contributed by atoms with Gasteiger partial charge in [0.15, 0.2) is 5.65 Å². The number of fused-ring (bicyclic) bond motifs is 3. The van der Waals surface area contributed by atoms with Gasteiger partial charge in [0.05, 0.1) is 10.3 Å². The summed E-state index contributed by atoms with van der Waals surface area (Å²) in [5.41, 5.74) is 7.12. The van der Waals surface area contributed by atoms with Crippen LogP contribution in [0.15, 0.2) is 12.3 Å². The molecule has 0 aliphatic carbocycles. The van der Waals surface area contributed by atoms with E-state index in [0.29, 0.717) is 17.0 Å². The molecule has 9 nitrogen and oxygen atoms in total. The van der Waals surface area contributed by atoms with Crippen LogP contribution in [0.3, 0.4) is 0 Å². The van der Waals surface area contributed by atoms with Crippen molar-refractivity contribution >= 4 is 28.1 Å². The molecule has 0 aliphatic heterocycles. The third kappa shape index (κ3) is 1.93. The van der Waals surface area contributed by atoms with Gasteiger partial charge in [-0.25, -0.2) is 4.98 Å². The molecule has 0 amide bonds. The summed E-state index contributed by atoms with van der Waals surface area (Å²) in [4.78, 5) is 15.0. The number of hydrogen-bond donors (Lipinski definition) is 1. The number of tetrazole rings is 1. The third-order valence-corrected chi connectivity index (χ3v) is 3.23. The molecule has 9 heteroatoms. The second-order valence-electron chi connectivity index (χ2n) is 5.20. The van der Waals surface area contributed by atoms with E-state index >= 15 is 0 Å². The molecule has 108 valence electrons. The van der Waals surface area contributed by atoms with Crippen molar-refractivity contribution in [2.75, 3.05) is 5.73 Å². The Morgan fingerprint density at radius 1 is 1.43 bits per heavy atom. The predicted molar refractivity (Wildman–Crippen MR) is 75.7 cm³/mol. The van der Waals surface area contributed by atoms with E-state index in [1.54, 1.807) is 6.20 Å². The molecule has 0 aromatic carbocycles. The zero-order chi connectivity index (χ0) is 15.1. The van der Waals surface area contributed by atoms with Crippen LogP contribution in [-0.2, 0) is 6.42 Å². The first kappa shape index (κ1) is 13.2. The lowest BCUT2D eigenvalue weighted by molar-refractivity contribution is -0.382. The Morgan fingerprint density at radius 3 is 2.86 bits per heavy atom. The zero-order valence-corrected chi connectivity index (χ0v) is 11.5. The summed E-state index contributed by atoms with van der Waals surface area (Å²) in [6.45, 7) is 4.12. The van der Waals surface area contributed by atoms with E-state index in [4.69, 9.17) is 5.73 Å². The molecule has 21 heavy (non-hydrogen) atoms. The van der Waals surface area contributed by atoms with Crippen LogP contribution in [-0.4, -0.2) is 29.9 Å². The first-order valence-corrected chi connectivity index (χ1v) is 6.42. The maximum Gasteiger partial charge on any atom is 0.339 e. The summed E-state index contributed by atoms with van der Waals surface area (Å²) in [7, 11) is 0. The lowest BCUT2D eigenvalue weighted by Crippen LogP contribution is -2.07. The van der Waals surface area contributed by atoms with Gasteiger partial charge < -0.3 is 5.73 Å². The van der Waals surface area contributed by atoms with Gasteiger partial charge in [-0.3, -0.25) is 10.1 Å². The molecule has 0 unspecified atom stereocenters. The van der Waals surface area contributed by atoms with Gasteiger partial charge in [0.2, 0.25) is 0 Å². The van der Waals surface area contributed by atoms with Crippen molar-refractivity contribution in [3.63, 3.8) is 0 Å². The molecule has 0 saturated heterocycles. The van der Waals surface area contributed by atoms with Crippen LogP contribution in [0.5, 0.6) is 0 Å². The number of aromatic nitrogens is 5. The summed E-state index contributed by atoms with van der Waals surface area (Å²) >= 11 is 0. The molecular weight excluding hydrogens is 274 g/mol. The third-order valence-electron chi connectivity index (χ3n) is 3.23. The summed E-state index contributed by atoms with van der Waals surface area (Å²) in [5, 5.41) is 22.8. The van der Waals surface area contributed by atoms with Crippen molar-refractivity contribution < 1.29 is 4.92 Å². The van der Waals surface area contributed by atoms with E-state index in [1.807, 2.05) is 6.07 Å². The highest BCUT2D eigenvalue weighted by molar-refractivity contribution is 5.99. The Labute approximate surface area is 118 Å². The number of nitrogens with two attached hydrogens (primary N) is 1. The molecule has 0 radical (unpaired) electrons. The Kier molecular flexibility index (Phi) is 2.89. The lowest BCUT2D eigenvalue weighted by Gasteiger charge is -2.11. The minimum atomic E-state index is -0.563. The minimum Gasteiger partial charge on any atom is -0.392 e. The number of rotatable bonds is 3. The second-order valence-corrected chi connectivity index (χ2v) is 5.20. The monoisotopic (exact) mass is 287 g/mol. The standard InChI is InChI=1S/C12H13N7O2/c1-6(2)5-7-3-4-14-11-8(7)9(13)10(19(20)21)12-15-16-17-18(11)12/h3-4,6H,5,13H2,1-2H3. The van der Waals surface area contributed by atoms with E-state index in [9.17, 15) is 10.1 Å². The molecule has 0 atom stereocenters. The van der Waals surface area contributed by atoms with Gasteiger partial charge in [0.25, 0.3) is 5.65 Å². The Balaban J connectivity index is 2.49.